The molecular weight excluding hydrogens is 523 g/mol. The zero-order chi connectivity index (χ0) is 26.9. The van der Waals surface area contributed by atoms with Crippen LogP contribution in [0.15, 0.2) is 47.5 Å². The third kappa shape index (κ3) is 6.58. The summed E-state index contributed by atoms with van der Waals surface area (Å²) in [6.07, 6.45) is -3.21. The normalized spacial score (nSPS) is 12.3. The Morgan fingerprint density at radius 1 is 1.03 bits per heavy atom. The summed E-state index contributed by atoms with van der Waals surface area (Å²) in [4.78, 5) is 11.7. The number of nitrogens with zero attached hydrogens (tertiary/aromatic N) is 4. The Kier molecular flexibility index (Phi) is 7.42. The molecular formula is C20H22F3N7O4S2. The highest BCUT2D eigenvalue weighted by Gasteiger charge is 2.35. The summed E-state index contributed by atoms with van der Waals surface area (Å²) in [6, 6.07) is 8.26. The maximum absolute atomic E-state index is 13.6. The van der Waals surface area contributed by atoms with E-state index >= 15 is 0 Å². The van der Waals surface area contributed by atoms with Crippen LogP contribution in [0.3, 0.4) is 0 Å². The van der Waals surface area contributed by atoms with E-state index in [4.69, 9.17) is 5.14 Å². The van der Waals surface area contributed by atoms with Crippen LogP contribution in [0.4, 0.5) is 36.4 Å². The van der Waals surface area contributed by atoms with Crippen molar-refractivity contribution >= 4 is 43.3 Å². The SMILES string of the molecule is Cc1ccc(CNc2nc(Nc3ccc(S(N)(=O)=O)cc3)ncc2C(F)(F)F)c(N(C)S(C)(=O)=O)n1. The molecule has 0 radical (unpaired) electrons. The highest BCUT2D eigenvalue weighted by Crippen LogP contribution is 2.34. The average molecular weight is 546 g/mol. The van der Waals surface area contributed by atoms with E-state index in [1.807, 2.05) is 0 Å². The van der Waals surface area contributed by atoms with Gasteiger partial charge in [0.05, 0.1) is 11.2 Å². The van der Waals surface area contributed by atoms with Crippen molar-refractivity contribution in [2.75, 3.05) is 28.2 Å². The number of anilines is 4. The fourth-order valence-corrected chi connectivity index (χ4v) is 3.95. The van der Waals surface area contributed by atoms with Gasteiger partial charge in [-0.05, 0) is 37.3 Å². The standard InChI is InChI=1S/C20H22F3N7O4S2/c1-12-4-5-13(18(27-12)30(2)35(3,31)32)10-25-17-16(20(21,22)23)11-26-19(29-17)28-14-6-8-15(9-7-14)36(24,33)34/h4-9,11H,10H2,1-3H3,(H2,24,33,34)(H2,25,26,28,29). The quantitative estimate of drug-likeness (QED) is 0.386. The first kappa shape index (κ1) is 27.1. The Labute approximate surface area is 205 Å². The van der Waals surface area contributed by atoms with Crippen molar-refractivity contribution in [2.45, 2.75) is 24.5 Å². The van der Waals surface area contributed by atoms with Gasteiger partial charge in [0, 0.05) is 36.7 Å². The molecule has 0 bridgehead atoms. The van der Waals surface area contributed by atoms with E-state index < -0.39 is 37.6 Å². The van der Waals surface area contributed by atoms with Gasteiger partial charge >= 0.3 is 6.18 Å². The summed E-state index contributed by atoms with van der Waals surface area (Å²) >= 11 is 0. The van der Waals surface area contributed by atoms with Gasteiger partial charge in [0.25, 0.3) is 0 Å². The number of benzene rings is 1. The summed E-state index contributed by atoms with van der Waals surface area (Å²) in [7, 11) is -6.31. The molecule has 3 aromatic rings. The van der Waals surface area contributed by atoms with Crippen LogP contribution in [0.5, 0.6) is 0 Å². The number of aryl methyl sites for hydroxylation is 1. The van der Waals surface area contributed by atoms with Gasteiger partial charge in [-0.25, -0.2) is 31.9 Å². The molecule has 0 saturated carbocycles. The van der Waals surface area contributed by atoms with Crippen LogP contribution in [-0.4, -0.2) is 45.1 Å². The predicted octanol–water partition coefficient (Wildman–Crippen LogP) is 2.60. The van der Waals surface area contributed by atoms with Crippen molar-refractivity contribution in [3.05, 3.63) is 59.4 Å². The Bertz CT molecular complexity index is 1480. The number of hydrogen-bond donors (Lipinski definition) is 3. The molecule has 36 heavy (non-hydrogen) atoms. The van der Waals surface area contributed by atoms with Crippen LogP contribution in [-0.2, 0) is 32.8 Å². The third-order valence-corrected chi connectivity index (χ3v) is 6.97. The fourth-order valence-electron chi connectivity index (χ4n) is 2.96. The molecule has 2 aromatic heterocycles. The van der Waals surface area contributed by atoms with Gasteiger partial charge in [0.1, 0.15) is 17.2 Å². The molecule has 0 saturated heterocycles. The number of aromatic nitrogens is 3. The molecule has 0 aliphatic rings. The van der Waals surface area contributed by atoms with E-state index in [0.29, 0.717) is 23.1 Å². The number of alkyl halides is 3. The molecule has 0 aliphatic carbocycles. The second-order valence-electron chi connectivity index (χ2n) is 7.67. The van der Waals surface area contributed by atoms with Gasteiger partial charge in [0.2, 0.25) is 26.0 Å². The zero-order valence-corrected chi connectivity index (χ0v) is 20.8. The van der Waals surface area contributed by atoms with Crippen molar-refractivity contribution in [1.29, 1.82) is 0 Å². The summed E-state index contributed by atoms with van der Waals surface area (Å²) in [5, 5.41) is 10.3. The molecule has 0 atom stereocenters. The lowest BCUT2D eigenvalue weighted by Gasteiger charge is -2.20. The number of rotatable bonds is 8. The van der Waals surface area contributed by atoms with Crippen LogP contribution in [0.2, 0.25) is 0 Å². The Morgan fingerprint density at radius 2 is 1.67 bits per heavy atom. The number of sulfonamides is 2. The molecule has 0 aliphatic heterocycles. The third-order valence-electron chi connectivity index (χ3n) is 4.87. The maximum Gasteiger partial charge on any atom is 0.421 e. The first-order chi connectivity index (χ1) is 16.6. The number of nitrogens with two attached hydrogens (primary N) is 1. The van der Waals surface area contributed by atoms with Crippen LogP contribution in [0, 0.1) is 6.92 Å². The van der Waals surface area contributed by atoms with Crippen molar-refractivity contribution in [3.63, 3.8) is 0 Å². The predicted molar refractivity (Wildman–Crippen MR) is 128 cm³/mol. The van der Waals surface area contributed by atoms with Crippen molar-refractivity contribution in [1.82, 2.24) is 15.0 Å². The van der Waals surface area contributed by atoms with Crippen LogP contribution >= 0.6 is 0 Å². The monoisotopic (exact) mass is 545 g/mol. The molecule has 4 N–H and O–H groups in total. The molecule has 3 rings (SSSR count). The van der Waals surface area contributed by atoms with E-state index in [1.165, 1.54) is 31.3 Å². The van der Waals surface area contributed by atoms with Gasteiger partial charge < -0.3 is 10.6 Å². The maximum atomic E-state index is 13.6. The molecule has 0 unspecified atom stereocenters. The molecule has 194 valence electrons. The lowest BCUT2D eigenvalue weighted by molar-refractivity contribution is -0.137. The topological polar surface area (TPSA) is 160 Å². The zero-order valence-electron chi connectivity index (χ0n) is 19.2. The summed E-state index contributed by atoms with van der Waals surface area (Å²) in [5.74, 6) is -0.708. The molecule has 1 aromatic carbocycles. The smallest absolute Gasteiger partial charge is 0.365 e. The van der Waals surface area contributed by atoms with Gasteiger partial charge in [-0.15, -0.1) is 0 Å². The van der Waals surface area contributed by atoms with Crippen LogP contribution in [0.25, 0.3) is 0 Å². The first-order valence-electron chi connectivity index (χ1n) is 10.0. The summed E-state index contributed by atoms with van der Waals surface area (Å²) < 4.78 is 88.5. The van der Waals surface area contributed by atoms with E-state index in [2.05, 4.69) is 25.6 Å². The van der Waals surface area contributed by atoms with Crippen LogP contribution < -0.4 is 20.1 Å². The highest BCUT2D eigenvalue weighted by atomic mass is 32.2. The first-order valence-corrected chi connectivity index (χ1v) is 13.4. The molecule has 0 fully saturated rings. The van der Waals surface area contributed by atoms with Crippen molar-refractivity contribution in [2.24, 2.45) is 5.14 Å². The Morgan fingerprint density at radius 3 is 2.22 bits per heavy atom. The average Bonchev–Trinajstić information content (AvgIpc) is 2.76. The van der Waals surface area contributed by atoms with E-state index in [1.54, 1.807) is 19.1 Å². The van der Waals surface area contributed by atoms with Crippen molar-refractivity contribution in [3.8, 4) is 0 Å². The second kappa shape index (κ2) is 9.87. The van der Waals surface area contributed by atoms with Gasteiger partial charge in [-0.3, -0.25) is 4.31 Å². The van der Waals surface area contributed by atoms with E-state index in [0.717, 1.165) is 10.6 Å². The Hall–Kier alpha value is -3.50. The minimum absolute atomic E-state index is 0.0564. The number of hydrogen-bond acceptors (Lipinski definition) is 9. The number of primary sulfonamides is 1. The van der Waals surface area contributed by atoms with Gasteiger partial charge in [-0.1, -0.05) is 6.07 Å². The van der Waals surface area contributed by atoms with Gasteiger partial charge in [-0.2, -0.15) is 18.2 Å². The summed E-state index contributed by atoms with van der Waals surface area (Å²) in [5.41, 5.74) is -0.0146. The molecule has 0 spiro atoms. The van der Waals surface area contributed by atoms with Crippen LogP contribution in [0.1, 0.15) is 16.8 Å². The fraction of sp³-hybridized carbons (Fsp3) is 0.250. The largest absolute Gasteiger partial charge is 0.421 e. The number of pyridine rings is 1. The molecule has 16 heteroatoms. The molecule has 0 amide bonds. The van der Waals surface area contributed by atoms with E-state index in [-0.39, 0.29) is 23.2 Å². The van der Waals surface area contributed by atoms with Gasteiger partial charge in [0.15, 0.2) is 0 Å². The van der Waals surface area contributed by atoms with E-state index in [9.17, 15) is 30.0 Å². The Balaban J connectivity index is 1.92. The minimum Gasteiger partial charge on any atom is -0.365 e. The minimum atomic E-state index is -4.78. The second-order valence-corrected chi connectivity index (χ2v) is 11.2. The molecule has 11 nitrogen and oxygen atoms in total. The molecule has 2 heterocycles. The lowest BCUT2D eigenvalue weighted by Crippen LogP contribution is -2.27. The summed E-state index contributed by atoms with van der Waals surface area (Å²) in [6.45, 7) is 1.42. The highest BCUT2D eigenvalue weighted by molar-refractivity contribution is 7.92. The lowest BCUT2D eigenvalue weighted by atomic mass is 10.2. The number of nitrogens with one attached hydrogen (secondary N) is 2. The number of halogens is 3. The van der Waals surface area contributed by atoms with Crippen molar-refractivity contribution < 1.29 is 30.0 Å².